The molecule has 0 saturated carbocycles. The van der Waals surface area contributed by atoms with Gasteiger partial charge in [-0.1, -0.05) is 13.0 Å². The van der Waals surface area contributed by atoms with E-state index in [0.29, 0.717) is 42.6 Å². The Morgan fingerprint density at radius 3 is 2.62 bits per heavy atom. The zero-order valence-electron chi connectivity index (χ0n) is 19.4. The minimum atomic E-state index is -0.600. The molecule has 2 N–H and O–H groups in total. The van der Waals surface area contributed by atoms with Crippen LogP contribution in [0.25, 0.3) is 5.65 Å². The Hall–Kier alpha value is -3.37. The molecular formula is C24H27F2N7O. The van der Waals surface area contributed by atoms with Crippen LogP contribution in [0.2, 0.25) is 0 Å². The van der Waals surface area contributed by atoms with Gasteiger partial charge < -0.3 is 10.1 Å². The zero-order valence-corrected chi connectivity index (χ0v) is 19.4. The minimum Gasteiger partial charge on any atom is -0.379 e. The van der Waals surface area contributed by atoms with Crippen molar-refractivity contribution in [1.82, 2.24) is 29.7 Å². The summed E-state index contributed by atoms with van der Waals surface area (Å²) in [6.07, 6.45) is 0. The Kier molecular flexibility index (Phi) is 6.01. The van der Waals surface area contributed by atoms with Crippen LogP contribution in [0, 0.1) is 25.5 Å². The van der Waals surface area contributed by atoms with Gasteiger partial charge >= 0.3 is 0 Å². The average Bonchev–Trinajstić information content (AvgIpc) is 3.36. The van der Waals surface area contributed by atoms with Crippen LogP contribution in [0.5, 0.6) is 0 Å². The molecule has 1 aromatic carbocycles. The van der Waals surface area contributed by atoms with Crippen molar-refractivity contribution in [3.05, 3.63) is 70.2 Å². The molecule has 178 valence electrons. The molecule has 5 rings (SSSR count). The second kappa shape index (κ2) is 9.11. The number of benzene rings is 1. The van der Waals surface area contributed by atoms with Crippen molar-refractivity contribution in [1.29, 1.82) is 0 Å². The fraction of sp³-hybridized carbons (Fsp3) is 0.375. The molecule has 0 radical (unpaired) electrons. The van der Waals surface area contributed by atoms with Gasteiger partial charge in [0.1, 0.15) is 17.5 Å². The van der Waals surface area contributed by atoms with Crippen LogP contribution in [-0.4, -0.2) is 56.0 Å². The van der Waals surface area contributed by atoms with Crippen molar-refractivity contribution in [2.75, 3.05) is 31.6 Å². The number of ether oxygens (including phenoxy) is 1. The molecule has 0 spiro atoms. The highest BCUT2D eigenvalue weighted by Gasteiger charge is 2.24. The summed E-state index contributed by atoms with van der Waals surface area (Å²) in [5.41, 5.74) is 4.46. The fourth-order valence-electron chi connectivity index (χ4n) is 4.49. The number of aromatic nitrogens is 5. The summed E-state index contributed by atoms with van der Waals surface area (Å²) >= 11 is 0. The van der Waals surface area contributed by atoms with Gasteiger partial charge in [0.15, 0.2) is 11.5 Å². The second-order valence-corrected chi connectivity index (χ2v) is 8.70. The molecule has 4 heterocycles. The predicted octanol–water partition coefficient (Wildman–Crippen LogP) is 4.08. The lowest BCUT2D eigenvalue weighted by atomic mass is 9.92. The maximum Gasteiger partial charge on any atom is 0.161 e. The summed E-state index contributed by atoms with van der Waals surface area (Å²) in [5, 5.41) is 15.2. The maximum atomic E-state index is 14.7. The topological polar surface area (TPSA) is 83.4 Å². The van der Waals surface area contributed by atoms with E-state index in [9.17, 15) is 8.78 Å². The largest absolute Gasteiger partial charge is 0.379 e. The van der Waals surface area contributed by atoms with Crippen molar-refractivity contribution in [2.45, 2.75) is 33.2 Å². The first kappa shape index (κ1) is 22.4. The number of hydrogen-bond acceptors (Lipinski definition) is 6. The van der Waals surface area contributed by atoms with E-state index < -0.39 is 11.6 Å². The van der Waals surface area contributed by atoms with E-state index in [-0.39, 0.29) is 5.92 Å². The highest BCUT2D eigenvalue weighted by atomic mass is 19.1. The van der Waals surface area contributed by atoms with Crippen molar-refractivity contribution >= 4 is 17.3 Å². The number of rotatable bonds is 6. The van der Waals surface area contributed by atoms with Crippen LogP contribution in [-0.2, 0) is 11.3 Å². The first-order valence-corrected chi connectivity index (χ1v) is 11.3. The Labute approximate surface area is 196 Å². The molecule has 3 aromatic heterocycles. The molecule has 1 aliphatic heterocycles. The summed E-state index contributed by atoms with van der Waals surface area (Å²) in [6, 6.07) is 7.54. The molecule has 1 atom stereocenters. The number of H-pyrrole nitrogens is 1. The fourth-order valence-corrected chi connectivity index (χ4v) is 4.49. The SMILES string of the molecule is Cc1cc(Nc2cc(CN3CCOCC3)n3nc(C)c(C(C)c4ccc(F)cc4F)c3n2)n[nH]1. The number of hydrogen-bond donors (Lipinski definition) is 2. The molecule has 0 bridgehead atoms. The maximum absolute atomic E-state index is 14.7. The van der Waals surface area contributed by atoms with Crippen molar-refractivity contribution < 1.29 is 13.5 Å². The van der Waals surface area contributed by atoms with Gasteiger partial charge in [-0.15, -0.1) is 0 Å². The van der Waals surface area contributed by atoms with E-state index in [1.54, 1.807) is 0 Å². The first-order chi connectivity index (χ1) is 16.4. The normalized spacial score (nSPS) is 15.7. The van der Waals surface area contributed by atoms with Crippen LogP contribution in [0.4, 0.5) is 20.4 Å². The molecule has 10 heteroatoms. The molecule has 0 amide bonds. The van der Waals surface area contributed by atoms with E-state index in [2.05, 4.69) is 20.4 Å². The highest BCUT2D eigenvalue weighted by molar-refractivity contribution is 5.62. The standard InChI is InChI=1S/C24H27F2N7O/c1-14-10-22(30-29-14)27-21-12-18(13-32-6-8-34-9-7-32)33-24(28-21)23(16(3)31-33)15(2)19-5-4-17(25)11-20(19)26/h4-5,10-12,15H,6-9,13H2,1-3H3,(H2,27,28,29,30). The van der Waals surface area contributed by atoms with E-state index in [0.717, 1.165) is 41.8 Å². The van der Waals surface area contributed by atoms with Gasteiger partial charge in [0, 0.05) is 55.0 Å². The zero-order chi connectivity index (χ0) is 23.8. The quantitative estimate of drug-likeness (QED) is 0.445. The van der Waals surface area contributed by atoms with Gasteiger partial charge in [-0.3, -0.25) is 10.00 Å². The molecule has 1 aliphatic rings. The number of nitrogens with zero attached hydrogens (tertiary/aromatic N) is 5. The van der Waals surface area contributed by atoms with E-state index in [1.165, 1.54) is 12.1 Å². The van der Waals surface area contributed by atoms with Gasteiger partial charge in [0.25, 0.3) is 0 Å². The molecule has 1 saturated heterocycles. The first-order valence-electron chi connectivity index (χ1n) is 11.3. The molecule has 0 aliphatic carbocycles. The third kappa shape index (κ3) is 4.38. The molecule has 1 unspecified atom stereocenters. The number of nitrogens with one attached hydrogen (secondary N) is 2. The van der Waals surface area contributed by atoms with Crippen molar-refractivity contribution in [2.24, 2.45) is 0 Å². The third-order valence-corrected chi connectivity index (χ3v) is 6.20. The Morgan fingerprint density at radius 2 is 1.91 bits per heavy atom. The lowest BCUT2D eigenvalue weighted by molar-refractivity contribution is 0.0334. The number of halogens is 2. The third-order valence-electron chi connectivity index (χ3n) is 6.20. The van der Waals surface area contributed by atoms with Gasteiger partial charge in [-0.2, -0.15) is 10.2 Å². The Morgan fingerprint density at radius 1 is 1.12 bits per heavy atom. The summed E-state index contributed by atoms with van der Waals surface area (Å²) in [6.45, 7) is 9.41. The lowest BCUT2D eigenvalue weighted by Gasteiger charge is -2.26. The Bertz CT molecular complexity index is 1330. The number of aryl methyl sites for hydroxylation is 2. The molecule has 34 heavy (non-hydrogen) atoms. The molecular weight excluding hydrogens is 440 g/mol. The Balaban J connectivity index is 1.61. The molecule has 1 fully saturated rings. The number of fused-ring (bicyclic) bond motifs is 1. The number of anilines is 2. The van der Waals surface area contributed by atoms with Gasteiger partial charge in [0.2, 0.25) is 0 Å². The smallest absolute Gasteiger partial charge is 0.161 e. The van der Waals surface area contributed by atoms with Crippen LogP contribution < -0.4 is 5.32 Å². The van der Waals surface area contributed by atoms with Crippen molar-refractivity contribution in [3.63, 3.8) is 0 Å². The van der Waals surface area contributed by atoms with Crippen molar-refractivity contribution in [3.8, 4) is 0 Å². The van der Waals surface area contributed by atoms with Crippen LogP contribution >= 0.6 is 0 Å². The number of morpholine rings is 1. The summed E-state index contributed by atoms with van der Waals surface area (Å²) in [7, 11) is 0. The summed E-state index contributed by atoms with van der Waals surface area (Å²) in [5.74, 6) is -0.278. The average molecular weight is 468 g/mol. The van der Waals surface area contributed by atoms with Gasteiger partial charge in [-0.25, -0.2) is 18.3 Å². The summed E-state index contributed by atoms with van der Waals surface area (Å²) in [4.78, 5) is 7.15. The summed E-state index contributed by atoms with van der Waals surface area (Å²) < 4.78 is 35.5. The van der Waals surface area contributed by atoms with E-state index in [1.807, 2.05) is 37.4 Å². The van der Waals surface area contributed by atoms with E-state index >= 15 is 0 Å². The molecule has 8 nitrogen and oxygen atoms in total. The van der Waals surface area contributed by atoms with E-state index in [4.69, 9.17) is 14.8 Å². The monoisotopic (exact) mass is 467 g/mol. The second-order valence-electron chi connectivity index (χ2n) is 8.70. The lowest BCUT2D eigenvalue weighted by Crippen LogP contribution is -2.36. The van der Waals surface area contributed by atoms with Gasteiger partial charge in [-0.05, 0) is 25.5 Å². The predicted molar refractivity (Wildman–Crippen MR) is 124 cm³/mol. The van der Waals surface area contributed by atoms with Crippen LogP contribution in [0.1, 0.15) is 41.1 Å². The van der Waals surface area contributed by atoms with Gasteiger partial charge in [0.05, 0.1) is 24.6 Å². The molecule has 4 aromatic rings. The van der Waals surface area contributed by atoms with Crippen LogP contribution in [0.15, 0.2) is 30.3 Å². The highest BCUT2D eigenvalue weighted by Crippen LogP contribution is 2.33. The van der Waals surface area contributed by atoms with Crippen LogP contribution in [0.3, 0.4) is 0 Å². The minimum absolute atomic E-state index is 0.371. The number of aromatic amines is 1.